The summed E-state index contributed by atoms with van der Waals surface area (Å²) in [6, 6.07) is 9.26. The fourth-order valence-electron chi connectivity index (χ4n) is 1.77. The molecule has 2 rings (SSSR count). The Kier molecular flexibility index (Phi) is 4.25. The Balaban J connectivity index is 2.09. The number of carbonyl (C=O) groups is 1. The summed E-state index contributed by atoms with van der Waals surface area (Å²) in [5.74, 6) is -1.12. The van der Waals surface area contributed by atoms with Crippen molar-refractivity contribution in [2.75, 3.05) is 5.32 Å². The molecule has 0 aromatic heterocycles. The van der Waals surface area contributed by atoms with E-state index in [1.807, 2.05) is 0 Å². The molecule has 0 saturated heterocycles. The number of anilines is 1. The summed E-state index contributed by atoms with van der Waals surface area (Å²) in [5.41, 5.74) is 1.14. The molecule has 0 heterocycles. The predicted molar refractivity (Wildman–Crippen MR) is 73.9 cm³/mol. The first-order chi connectivity index (χ1) is 10.2. The lowest BCUT2D eigenvalue weighted by atomic mass is 10.1. The van der Waals surface area contributed by atoms with Crippen molar-refractivity contribution in [3.63, 3.8) is 0 Å². The Morgan fingerprint density at radius 1 is 1.14 bits per heavy atom. The Hall–Kier alpha value is -2.70. The van der Waals surface area contributed by atoms with E-state index >= 15 is 0 Å². The number of phenolic OH excluding ortho intramolecular Hbond substituents is 1. The number of hydrogen-bond donors (Lipinski definition) is 2. The summed E-state index contributed by atoms with van der Waals surface area (Å²) in [6.45, 7) is 1.76. The third-order valence-corrected chi connectivity index (χ3v) is 2.74. The maximum absolute atomic E-state index is 12.0. The number of alkyl halides is 3. The van der Waals surface area contributed by atoms with E-state index in [0.29, 0.717) is 0 Å². The smallest absolute Gasteiger partial charge is 0.507 e. The van der Waals surface area contributed by atoms with Gasteiger partial charge in [-0.3, -0.25) is 4.79 Å². The predicted octanol–water partition coefficient (Wildman–Crippen LogP) is 3.85. The molecule has 22 heavy (non-hydrogen) atoms. The SMILES string of the molecule is Cc1ccc(C(=O)Nc2ccc(OC(F)(F)F)cc2)c(O)c1. The molecule has 2 N–H and O–H groups in total. The third-order valence-electron chi connectivity index (χ3n) is 2.74. The number of aromatic hydroxyl groups is 1. The van der Waals surface area contributed by atoms with Crippen molar-refractivity contribution < 1.29 is 27.8 Å². The van der Waals surface area contributed by atoms with Crippen molar-refractivity contribution in [2.45, 2.75) is 13.3 Å². The van der Waals surface area contributed by atoms with E-state index in [1.165, 1.54) is 24.3 Å². The summed E-state index contributed by atoms with van der Waals surface area (Å²) >= 11 is 0. The average molecular weight is 311 g/mol. The number of hydrogen-bond acceptors (Lipinski definition) is 3. The number of nitrogens with one attached hydrogen (secondary N) is 1. The van der Waals surface area contributed by atoms with Gasteiger partial charge in [0.15, 0.2) is 0 Å². The van der Waals surface area contributed by atoms with Gasteiger partial charge in [-0.2, -0.15) is 0 Å². The zero-order valence-corrected chi connectivity index (χ0v) is 11.4. The van der Waals surface area contributed by atoms with Crippen LogP contribution in [0.2, 0.25) is 0 Å². The van der Waals surface area contributed by atoms with Crippen LogP contribution in [0.5, 0.6) is 11.5 Å². The second kappa shape index (κ2) is 5.97. The molecule has 116 valence electrons. The molecule has 0 radical (unpaired) electrons. The van der Waals surface area contributed by atoms with Gasteiger partial charge in [-0.1, -0.05) is 6.07 Å². The number of amides is 1. The number of rotatable bonds is 3. The van der Waals surface area contributed by atoms with Gasteiger partial charge in [0.05, 0.1) is 5.56 Å². The Bertz CT molecular complexity index is 681. The van der Waals surface area contributed by atoms with Gasteiger partial charge in [0, 0.05) is 5.69 Å². The molecule has 0 unspecified atom stereocenters. The van der Waals surface area contributed by atoms with Crippen LogP contribution in [-0.2, 0) is 0 Å². The average Bonchev–Trinajstić information content (AvgIpc) is 2.39. The van der Waals surface area contributed by atoms with Crippen LogP contribution in [0.1, 0.15) is 15.9 Å². The third kappa shape index (κ3) is 4.15. The fourth-order valence-corrected chi connectivity index (χ4v) is 1.77. The molecule has 7 heteroatoms. The monoisotopic (exact) mass is 311 g/mol. The number of phenols is 1. The van der Waals surface area contributed by atoms with Crippen LogP contribution in [0.4, 0.5) is 18.9 Å². The Labute approximate surface area is 124 Å². The van der Waals surface area contributed by atoms with E-state index < -0.39 is 12.3 Å². The van der Waals surface area contributed by atoms with Gasteiger partial charge in [-0.25, -0.2) is 0 Å². The Morgan fingerprint density at radius 2 is 1.77 bits per heavy atom. The summed E-state index contributed by atoms with van der Waals surface area (Å²) in [6.07, 6.45) is -4.77. The van der Waals surface area contributed by atoms with Gasteiger partial charge >= 0.3 is 6.36 Å². The van der Waals surface area contributed by atoms with E-state index in [-0.39, 0.29) is 22.7 Å². The van der Waals surface area contributed by atoms with Gasteiger partial charge in [0.1, 0.15) is 11.5 Å². The van der Waals surface area contributed by atoms with E-state index in [0.717, 1.165) is 17.7 Å². The quantitative estimate of drug-likeness (QED) is 0.905. The maximum atomic E-state index is 12.0. The van der Waals surface area contributed by atoms with Gasteiger partial charge in [-0.05, 0) is 48.9 Å². The van der Waals surface area contributed by atoms with Crippen molar-refractivity contribution in [2.24, 2.45) is 0 Å². The molecule has 2 aromatic rings. The maximum Gasteiger partial charge on any atom is 0.573 e. The highest BCUT2D eigenvalue weighted by Crippen LogP contribution is 2.25. The first-order valence-corrected chi connectivity index (χ1v) is 6.21. The summed E-state index contributed by atoms with van der Waals surface area (Å²) in [7, 11) is 0. The van der Waals surface area contributed by atoms with Crippen LogP contribution in [0.3, 0.4) is 0 Å². The second-order valence-corrected chi connectivity index (χ2v) is 4.55. The van der Waals surface area contributed by atoms with Crippen LogP contribution >= 0.6 is 0 Å². The molecular weight excluding hydrogens is 299 g/mol. The lowest BCUT2D eigenvalue weighted by Crippen LogP contribution is -2.17. The fraction of sp³-hybridized carbons (Fsp3) is 0.133. The Morgan fingerprint density at radius 3 is 2.32 bits per heavy atom. The summed E-state index contributed by atoms with van der Waals surface area (Å²) < 4.78 is 39.8. The molecule has 0 spiro atoms. The highest BCUT2D eigenvalue weighted by Gasteiger charge is 2.30. The number of carbonyl (C=O) groups excluding carboxylic acids is 1. The number of ether oxygens (including phenoxy) is 1. The molecule has 1 amide bonds. The van der Waals surface area contributed by atoms with Gasteiger partial charge < -0.3 is 15.2 Å². The standard InChI is InChI=1S/C15H12F3NO3/c1-9-2-7-12(13(20)8-9)14(21)19-10-3-5-11(6-4-10)22-15(16,17)18/h2-8,20H,1H3,(H,19,21). The van der Waals surface area contributed by atoms with Crippen LogP contribution in [0.25, 0.3) is 0 Å². The van der Waals surface area contributed by atoms with Crippen molar-refractivity contribution in [3.8, 4) is 11.5 Å². The number of benzene rings is 2. The zero-order chi connectivity index (χ0) is 16.3. The molecule has 0 aliphatic carbocycles. The van der Waals surface area contributed by atoms with E-state index in [2.05, 4.69) is 10.1 Å². The molecule has 4 nitrogen and oxygen atoms in total. The van der Waals surface area contributed by atoms with E-state index in [4.69, 9.17) is 0 Å². The largest absolute Gasteiger partial charge is 0.573 e. The highest BCUT2D eigenvalue weighted by molar-refractivity contribution is 6.06. The van der Waals surface area contributed by atoms with Crippen molar-refractivity contribution in [1.82, 2.24) is 0 Å². The number of halogens is 3. The van der Waals surface area contributed by atoms with Gasteiger partial charge in [-0.15, -0.1) is 13.2 Å². The van der Waals surface area contributed by atoms with Crippen molar-refractivity contribution in [1.29, 1.82) is 0 Å². The molecule has 0 saturated carbocycles. The first kappa shape index (κ1) is 15.7. The van der Waals surface area contributed by atoms with Crippen molar-refractivity contribution >= 4 is 11.6 Å². The summed E-state index contributed by atoms with van der Waals surface area (Å²) in [5, 5.41) is 12.2. The lowest BCUT2D eigenvalue weighted by molar-refractivity contribution is -0.274. The zero-order valence-electron chi connectivity index (χ0n) is 11.4. The number of aryl methyl sites for hydroxylation is 1. The van der Waals surface area contributed by atoms with Crippen LogP contribution in [-0.4, -0.2) is 17.4 Å². The molecule has 2 aromatic carbocycles. The summed E-state index contributed by atoms with van der Waals surface area (Å²) in [4.78, 5) is 12.0. The topological polar surface area (TPSA) is 58.6 Å². The molecule has 0 atom stereocenters. The van der Waals surface area contributed by atoms with Crippen molar-refractivity contribution in [3.05, 3.63) is 53.6 Å². The first-order valence-electron chi connectivity index (χ1n) is 6.21. The molecule has 0 fully saturated rings. The molecule has 0 aliphatic heterocycles. The highest BCUT2D eigenvalue weighted by atomic mass is 19.4. The molecule has 0 aliphatic rings. The van der Waals surface area contributed by atoms with Crippen LogP contribution < -0.4 is 10.1 Å². The normalized spacial score (nSPS) is 11.1. The second-order valence-electron chi connectivity index (χ2n) is 4.55. The molecular formula is C15H12F3NO3. The van der Waals surface area contributed by atoms with Crippen LogP contribution in [0, 0.1) is 6.92 Å². The minimum absolute atomic E-state index is 0.0706. The minimum atomic E-state index is -4.77. The van der Waals surface area contributed by atoms with Gasteiger partial charge in [0.25, 0.3) is 5.91 Å². The van der Waals surface area contributed by atoms with E-state index in [9.17, 15) is 23.1 Å². The minimum Gasteiger partial charge on any atom is -0.507 e. The molecule has 0 bridgehead atoms. The van der Waals surface area contributed by atoms with Crippen LogP contribution in [0.15, 0.2) is 42.5 Å². The van der Waals surface area contributed by atoms with Gasteiger partial charge in [0.2, 0.25) is 0 Å². The lowest BCUT2D eigenvalue weighted by Gasteiger charge is -2.10. The van der Waals surface area contributed by atoms with E-state index in [1.54, 1.807) is 13.0 Å².